The summed E-state index contributed by atoms with van der Waals surface area (Å²) in [7, 11) is 0. The maximum Gasteiger partial charge on any atom is 0.255 e. The van der Waals surface area contributed by atoms with Gasteiger partial charge in [0.1, 0.15) is 5.75 Å². The van der Waals surface area contributed by atoms with Gasteiger partial charge in [-0.25, -0.2) is 0 Å². The average Bonchev–Trinajstić information content (AvgIpc) is 2.62. The molecule has 0 spiro atoms. The minimum absolute atomic E-state index is 0.0329. The molecule has 5 heteroatoms. The van der Waals surface area contributed by atoms with E-state index in [1.807, 2.05) is 49.1 Å². The lowest BCUT2D eigenvalue weighted by Gasteiger charge is -2.21. The summed E-state index contributed by atoms with van der Waals surface area (Å²) in [5.41, 5.74) is 2.32. The van der Waals surface area contributed by atoms with E-state index >= 15 is 0 Å². The van der Waals surface area contributed by atoms with E-state index in [4.69, 9.17) is 4.74 Å². The van der Waals surface area contributed by atoms with E-state index in [-0.39, 0.29) is 12.0 Å². The number of rotatable bonds is 9. The number of carbonyl (C=O) groups excluding carboxylic acids is 1. The number of pyridine rings is 1. The Bertz CT molecular complexity index is 693. The van der Waals surface area contributed by atoms with Gasteiger partial charge in [-0.3, -0.25) is 9.78 Å². The monoisotopic (exact) mass is 355 g/mol. The number of aromatic nitrogens is 1. The second kappa shape index (κ2) is 9.80. The topological polar surface area (TPSA) is 54.5 Å². The van der Waals surface area contributed by atoms with Crippen molar-refractivity contribution in [1.29, 1.82) is 0 Å². The fourth-order valence-corrected chi connectivity index (χ4v) is 2.72. The van der Waals surface area contributed by atoms with Crippen molar-refractivity contribution in [1.82, 2.24) is 9.88 Å². The molecule has 2 aromatic rings. The number of amides is 1. The maximum absolute atomic E-state index is 12.7. The Morgan fingerprint density at radius 3 is 2.31 bits per heavy atom. The molecule has 1 aromatic carbocycles. The molecule has 1 heterocycles. The summed E-state index contributed by atoms with van der Waals surface area (Å²) in [6.07, 6.45) is 5.39. The molecule has 140 valence electrons. The summed E-state index contributed by atoms with van der Waals surface area (Å²) in [5, 5.41) is 3.29. The zero-order valence-electron chi connectivity index (χ0n) is 16.2. The summed E-state index contributed by atoms with van der Waals surface area (Å²) < 4.78 is 5.65. The molecule has 0 aliphatic rings. The zero-order chi connectivity index (χ0) is 18.9. The molecule has 0 unspecified atom stereocenters. The van der Waals surface area contributed by atoms with Crippen molar-refractivity contribution < 1.29 is 9.53 Å². The van der Waals surface area contributed by atoms with Crippen molar-refractivity contribution in [2.24, 2.45) is 0 Å². The number of ether oxygens (including phenoxy) is 1. The van der Waals surface area contributed by atoms with Crippen molar-refractivity contribution in [3.05, 3.63) is 48.3 Å². The van der Waals surface area contributed by atoms with Gasteiger partial charge in [-0.2, -0.15) is 0 Å². The highest BCUT2D eigenvalue weighted by Crippen LogP contribution is 2.21. The van der Waals surface area contributed by atoms with Crippen molar-refractivity contribution in [2.45, 2.75) is 46.6 Å². The highest BCUT2D eigenvalue weighted by atomic mass is 16.5. The molecule has 0 bridgehead atoms. The Morgan fingerprint density at radius 1 is 1.08 bits per heavy atom. The van der Waals surface area contributed by atoms with Crippen molar-refractivity contribution in [2.75, 3.05) is 18.4 Å². The summed E-state index contributed by atoms with van der Waals surface area (Å²) in [6.45, 7) is 9.70. The number of benzene rings is 1. The predicted molar refractivity (Wildman–Crippen MR) is 106 cm³/mol. The molecule has 0 atom stereocenters. The van der Waals surface area contributed by atoms with Crippen LogP contribution < -0.4 is 10.1 Å². The summed E-state index contributed by atoms with van der Waals surface area (Å²) in [6, 6.07) is 9.61. The van der Waals surface area contributed by atoms with Gasteiger partial charge < -0.3 is 15.0 Å². The number of hydrogen-bond acceptors (Lipinski definition) is 4. The Labute approximate surface area is 156 Å². The Kier molecular flexibility index (Phi) is 7.45. The molecule has 2 rings (SSSR count). The van der Waals surface area contributed by atoms with E-state index in [9.17, 15) is 4.79 Å². The third-order valence-corrected chi connectivity index (χ3v) is 3.77. The summed E-state index contributed by atoms with van der Waals surface area (Å²) in [4.78, 5) is 18.8. The molecule has 5 nitrogen and oxygen atoms in total. The van der Waals surface area contributed by atoms with Gasteiger partial charge in [0.25, 0.3) is 5.91 Å². The van der Waals surface area contributed by atoms with Crippen molar-refractivity contribution in [3.63, 3.8) is 0 Å². The van der Waals surface area contributed by atoms with Crippen LogP contribution in [-0.2, 0) is 0 Å². The first-order valence-corrected chi connectivity index (χ1v) is 9.31. The average molecular weight is 355 g/mol. The number of hydrogen-bond donors (Lipinski definition) is 1. The van der Waals surface area contributed by atoms with Crippen LogP contribution in [0.1, 0.15) is 50.9 Å². The van der Waals surface area contributed by atoms with Crippen LogP contribution in [0.15, 0.2) is 42.7 Å². The lowest BCUT2D eigenvalue weighted by molar-refractivity contribution is 0.0755. The number of nitrogens with zero attached hydrogens (tertiary/aromatic N) is 2. The van der Waals surface area contributed by atoms with Gasteiger partial charge in [0, 0.05) is 25.0 Å². The fraction of sp³-hybridized carbons (Fsp3) is 0.429. The molecule has 0 aliphatic carbocycles. The highest BCUT2D eigenvalue weighted by Gasteiger charge is 2.15. The first kappa shape index (κ1) is 19.8. The number of anilines is 2. The third-order valence-electron chi connectivity index (χ3n) is 3.77. The third kappa shape index (κ3) is 5.76. The van der Waals surface area contributed by atoms with E-state index in [0.717, 1.165) is 43.1 Å². The molecule has 0 saturated carbocycles. The SMILES string of the molecule is CCCN(CCC)C(=O)c1cncc(Nc2ccc(OC(C)C)cc2)c1. The van der Waals surface area contributed by atoms with Crippen LogP contribution in [0.5, 0.6) is 5.75 Å². The molecule has 1 amide bonds. The highest BCUT2D eigenvalue weighted by molar-refractivity contribution is 5.94. The van der Waals surface area contributed by atoms with Crippen LogP contribution in [0.4, 0.5) is 11.4 Å². The molecule has 0 radical (unpaired) electrons. The number of nitrogens with one attached hydrogen (secondary N) is 1. The van der Waals surface area contributed by atoms with Crippen LogP contribution in [0.2, 0.25) is 0 Å². The van der Waals surface area contributed by atoms with Gasteiger partial charge in [0.05, 0.1) is 23.6 Å². The van der Waals surface area contributed by atoms with Crippen molar-refractivity contribution in [3.8, 4) is 5.75 Å². The summed E-state index contributed by atoms with van der Waals surface area (Å²) >= 11 is 0. The van der Waals surface area contributed by atoms with Gasteiger partial charge in [0.2, 0.25) is 0 Å². The molecule has 0 saturated heterocycles. The van der Waals surface area contributed by atoms with Gasteiger partial charge in [-0.1, -0.05) is 13.8 Å². The molecular formula is C21H29N3O2. The lowest BCUT2D eigenvalue weighted by Crippen LogP contribution is -2.32. The van der Waals surface area contributed by atoms with Gasteiger partial charge in [-0.15, -0.1) is 0 Å². The minimum Gasteiger partial charge on any atom is -0.491 e. The molecule has 1 N–H and O–H groups in total. The van der Waals surface area contributed by atoms with Gasteiger partial charge >= 0.3 is 0 Å². The molecular weight excluding hydrogens is 326 g/mol. The molecule has 0 fully saturated rings. The van der Waals surface area contributed by atoms with Gasteiger partial charge in [-0.05, 0) is 57.0 Å². The first-order chi connectivity index (χ1) is 12.5. The smallest absolute Gasteiger partial charge is 0.255 e. The second-order valence-corrected chi connectivity index (χ2v) is 6.57. The van der Waals surface area contributed by atoms with Crippen molar-refractivity contribution >= 4 is 17.3 Å². The van der Waals surface area contributed by atoms with E-state index in [0.29, 0.717) is 5.56 Å². The van der Waals surface area contributed by atoms with E-state index in [1.54, 1.807) is 12.4 Å². The standard InChI is InChI=1S/C21H29N3O2/c1-5-11-24(12-6-2)21(25)17-13-19(15-22-14-17)23-18-7-9-20(10-8-18)26-16(3)4/h7-10,13-16,23H,5-6,11-12H2,1-4H3. The quantitative estimate of drug-likeness (QED) is 0.697. The Balaban J connectivity index is 2.09. The van der Waals surface area contributed by atoms with E-state index in [2.05, 4.69) is 24.1 Å². The van der Waals surface area contributed by atoms with Crippen LogP contribution in [0.25, 0.3) is 0 Å². The summed E-state index contributed by atoms with van der Waals surface area (Å²) in [5.74, 6) is 0.868. The van der Waals surface area contributed by atoms with E-state index in [1.165, 1.54) is 0 Å². The molecule has 0 aliphatic heterocycles. The van der Waals surface area contributed by atoms with E-state index < -0.39 is 0 Å². The normalized spacial score (nSPS) is 10.7. The maximum atomic E-state index is 12.7. The van der Waals surface area contributed by atoms with Gasteiger partial charge in [0.15, 0.2) is 0 Å². The first-order valence-electron chi connectivity index (χ1n) is 9.31. The lowest BCUT2D eigenvalue weighted by atomic mass is 10.2. The van der Waals surface area contributed by atoms with Crippen LogP contribution in [0, 0.1) is 0 Å². The van der Waals surface area contributed by atoms with Crippen LogP contribution in [0.3, 0.4) is 0 Å². The molecule has 1 aromatic heterocycles. The Hall–Kier alpha value is -2.56. The largest absolute Gasteiger partial charge is 0.491 e. The minimum atomic E-state index is 0.0329. The van der Waals surface area contributed by atoms with Crippen LogP contribution >= 0.6 is 0 Å². The second-order valence-electron chi connectivity index (χ2n) is 6.57. The predicted octanol–water partition coefficient (Wildman–Crippen LogP) is 4.87. The fourth-order valence-electron chi connectivity index (χ4n) is 2.72. The zero-order valence-corrected chi connectivity index (χ0v) is 16.2. The van der Waals surface area contributed by atoms with Crippen LogP contribution in [-0.4, -0.2) is 35.0 Å². The number of carbonyl (C=O) groups is 1. The Morgan fingerprint density at radius 2 is 1.73 bits per heavy atom. The molecule has 26 heavy (non-hydrogen) atoms.